The molecule has 1 aliphatic heterocycles. The van der Waals surface area contributed by atoms with Gasteiger partial charge in [0.2, 0.25) is 11.8 Å². The van der Waals surface area contributed by atoms with Gasteiger partial charge in [-0.15, -0.1) is 0 Å². The third-order valence-electron chi connectivity index (χ3n) is 1.56. The Morgan fingerprint density at radius 3 is 1.29 bits per heavy atom. The van der Waals surface area contributed by atoms with Gasteiger partial charge in [-0.1, -0.05) is 13.2 Å². The summed E-state index contributed by atoms with van der Waals surface area (Å²) in [5.74, 6) is -2.97. The quantitative estimate of drug-likeness (QED) is 0.415. The van der Waals surface area contributed by atoms with Gasteiger partial charge >= 0.3 is 18.0 Å². The van der Waals surface area contributed by atoms with Crippen LogP contribution in [0.2, 0.25) is 0 Å². The van der Waals surface area contributed by atoms with Crippen molar-refractivity contribution in [1.82, 2.24) is 10.6 Å². The lowest BCUT2D eigenvalue weighted by molar-refractivity contribution is -0.133. The SMILES string of the molecule is C=C(C)C(=O)O.C=C(C)C(=O)O.O=C1CC(=O)NC(=O)N1. The van der Waals surface area contributed by atoms with E-state index in [1.807, 2.05) is 10.6 Å². The Morgan fingerprint density at radius 1 is 0.905 bits per heavy atom. The van der Waals surface area contributed by atoms with Crippen LogP contribution in [0.5, 0.6) is 0 Å². The van der Waals surface area contributed by atoms with Gasteiger partial charge in [-0.25, -0.2) is 14.4 Å². The Labute approximate surface area is 120 Å². The van der Waals surface area contributed by atoms with Crippen LogP contribution in [-0.2, 0) is 19.2 Å². The molecule has 0 aromatic carbocycles. The number of hydrogen-bond donors (Lipinski definition) is 4. The van der Waals surface area contributed by atoms with Crippen LogP contribution >= 0.6 is 0 Å². The molecule has 9 nitrogen and oxygen atoms in total. The maximum atomic E-state index is 10.3. The van der Waals surface area contributed by atoms with E-state index < -0.39 is 29.8 Å². The molecule has 0 saturated carbocycles. The maximum absolute atomic E-state index is 10.3. The molecule has 4 amide bonds. The van der Waals surface area contributed by atoms with Gasteiger partial charge in [0, 0.05) is 11.1 Å². The molecule has 0 bridgehead atoms. The number of rotatable bonds is 2. The summed E-state index contributed by atoms with van der Waals surface area (Å²) in [7, 11) is 0. The summed E-state index contributed by atoms with van der Waals surface area (Å²) in [5.41, 5.74) is 0.352. The van der Waals surface area contributed by atoms with Gasteiger partial charge in [-0.2, -0.15) is 0 Å². The number of urea groups is 1. The number of aliphatic carboxylic acids is 2. The third-order valence-corrected chi connectivity index (χ3v) is 1.56. The lowest BCUT2D eigenvalue weighted by Gasteiger charge is -2.09. The molecule has 0 radical (unpaired) electrons. The predicted molar refractivity (Wildman–Crippen MR) is 71.2 cm³/mol. The lowest BCUT2D eigenvalue weighted by atomic mass is 10.3. The van der Waals surface area contributed by atoms with Crippen LogP contribution in [0.15, 0.2) is 24.3 Å². The highest BCUT2D eigenvalue weighted by atomic mass is 16.4. The summed E-state index contributed by atoms with van der Waals surface area (Å²) >= 11 is 0. The second-order valence-corrected chi connectivity index (χ2v) is 3.77. The maximum Gasteiger partial charge on any atom is 0.330 e. The van der Waals surface area contributed by atoms with Crippen molar-refractivity contribution in [2.45, 2.75) is 20.3 Å². The van der Waals surface area contributed by atoms with E-state index in [-0.39, 0.29) is 17.6 Å². The molecule has 1 fully saturated rings. The van der Waals surface area contributed by atoms with Crippen LogP contribution in [-0.4, -0.2) is 40.0 Å². The van der Waals surface area contributed by atoms with Crippen LogP contribution in [0.3, 0.4) is 0 Å². The number of nitrogens with one attached hydrogen (secondary N) is 2. The van der Waals surface area contributed by atoms with Gasteiger partial charge in [-0.3, -0.25) is 20.2 Å². The number of carboxylic acid groups (broad SMARTS) is 2. The topological polar surface area (TPSA) is 150 Å². The first-order chi connectivity index (χ1) is 9.47. The fourth-order valence-corrected chi connectivity index (χ4v) is 0.519. The van der Waals surface area contributed by atoms with Crippen LogP contribution in [0.1, 0.15) is 20.3 Å². The number of hydrogen-bond acceptors (Lipinski definition) is 5. The number of imide groups is 2. The van der Waals surface area contributed by atoms with Gasteiger partial charge in [-0.05, 0) is 13.8 Å². The van der Waals surface area contributed by atoms with Gasteiger partial charge in [0.25, 0.3) is 0 Å². The molecular formula is C12H16N2O7. The van der Waals surface area contributed by atoms with Crippen molar-refractivity contribution in [3.8, 4) is 0 Å². The van der Waals surface area contributed by atoms with Crippen molar-refractivity contribution >= 4 is 29.8 Å². The van der Waals surface area contributed by atoms with E-state index in [2.05, 4.69) is 13.2 Å². The van der Waals surface area contributed by atoms with Gasteiger partial charge in [0.1, 0.15) is 6.42 Å². The molecule has 0 atom stereocenters. The number of carbonyl (C=O) groups excluding carboxylic acids is 3. The van der Waals surface area contributed by atoms with Crippen molar-refractivity contribution in [3.63, 3.8) is 0 Å². The number of carboxylic acids is 2. The smallest absolute Gasteiger partial charge is 0.330 e. The minimum absolute atomic E-state index is 0.176. The van der Waals surface area contributed by atoms with Gasteiger partial charge in [0.05, 0.1) is 0 Å². The molecular weight excluding hydrogens is 284 g/mol. The first kappa shape index (κ1) is 20.3. The molecule has 1 heterocycles. The molecule has 0 aromatic rings. The third kappa shape index (κ3) is 13.3. The standard InChI is InChI=1S/C4H4N2O3.2C4H6O2/c7-2-1-3(8)6-4(9)5-2;2*1-3(2)4(5)6/h1H2,(H2,5,6,7,8,9);2*1H2,2H3,(H,5,6). The van der Waals surface area contributed by atoms with Crippen molar-refractivity contribution in [2.75, 3.05) is 0 Å². The summed E-state index contributed by atoms with van der Waals surface area (Å²) in [4.78, 5) is 50.0. The van der Waals surface area contributed by atoms with Crippen molar-refractivity contribution in [2.24, 2.45) is 0 Å². The number of carbonyl (C=O) groups is 5. The van der Waals surface area contributed by atoms with Gasteiger partial charge in [0.15, 0.2) is 0 Å². The second-order valence-electron chi connectivity index (χ2n) is 3.77. The van der Waals surface area contributed by atoms with Crippen LogP contribution < -0.4 is 10.6 Å². The average molecular weight is 300 g/mol. The van der Waals surface area contributed by atoms with Gasteiger partial charge < -0.3 is 10.2 Å². The van der Waals surface area contributed by atoms with E-state index in [4.69, 9.17) is 10.2 Å². The molecule has 21 heavy (non-hydrogen) atoms. The van der Waals surface area contributed by atoms with Crippen molar-refractivity contribution in [1.29, 1.82) is 0 Å². The molecule has 4 N–H and O–H groups in total. The molecule has 0 aromatic heterocycles. The summed E-state index contributed by atoms with van der Waals surface area (Å²) in [6, 6.07) is -0.740. The molecule has 0 spiro atoms. The molecule has 0 aliphatic carbocycles. The Hall–Kier alpha value is -2.97. The summed E-state index contributed by atoms with van der Waals surface area (Å²) < 4.78 is 0. The second kappa shape index (κ2) is 9.89. The Morgan fingerprint density at radius 2 is 1.14 bits per heavy atom. The summed E-state index contributed by atoms with van der Waals surface area (Å²) in [6.45, 7) is 9.20. The minimum atomic E-state index is -0.935. The Balaban J connectivity index is 0. The molecule has 9 heteroatoms. The largest absolute Gasteiger partial charge is 0.478 e. The zero-order valence-electron chi connectivity index (χ0n) is 11.6. The zero-order valence-corrected chi connectivity index (χ0v) is 11.6. The molecule has 1 rings (SSSR count). The van der Waals surface area contributed by atoms with Crippen LogP contribution in [0.25, 0.3) is 0 Å². The van der Waals surface area contributed by atoms with Crippen molar-refractivity contribution in [3.05, 3.63) is 24.3 Å². The Bertz CT molecular complexity index is 401. The van der Waals surface area contributed by atoms with Crippen LogP contribution in [0.4, 0.5) is 4.79 Å². The normalized spacial score (nSPS) is 12.4. The van der Waals surface area contributed by atoms with E-state index in [9.17, 15) is 24.0 Å². The molecule has 1 saturated heterocycles. The predicted octanol–water partition coefficient (Wildman–Crippen LogP) is 0.0367. The van der Waals surface area contributed by atoms with E-state index in [0.717, 1.165) is 0 Å². The van der Waals surface area contributed by atoms with E-state index >= 15 is 0 Å². The van der Waals surface area contributed by atoms with Crippen molar-refractivity contribution < 1.29 is 34.2 Å². The van der Waals surface area contributed by atoms with Crippen LogP contribution in [0, 0.1) is 0 Å². The number of amides is 4. The minimum Gasteiger partial charge on any atom is -0.478 e. The summed E-state index contributed by atoms with van der Waals surface area (Å²) in [6.07, 6.45) is -0.258. The van der Waals surface area contributed by atoms with E-state index in [0.29, 0.717) is 0 Å². The lowest BCUT2D eigenvalue weighted by Crippen LogP contribution is -2.49. The van der Waals surface area contributed by atoms with E-state index in [1.54, 1.807) is 0 Å². The number of barbiturate groups is 1. The summed E-state index contributed by atoms with van der Waals surface area (Å²) in [5, 5.41) is 19.6. The fraction of sp³-hybridized carbons (Fsp3) is 0.250. The zero-order chi connectivity index (χ0) is 17.2. The average Bonchev–Trinajstić information content (AvgIpc) is 2.27. The monoisotopic (exact) mass is 300 g/mol. The molecule has 1 aliphatic rings. The highest BCUT2D eigenvalue weighted by Gasteiger charge is 2.20. The highest BCUT2D eigenvalue weighted by Crippen LogP contribution is 1.85. The van der Waals surface area contributed by atoms with E-state index in [1.165, 1.54) is 13.8 Å². The first-order valence-electron chi connectivity index (χ1n) is 5.38. The fourth-order valence-electron chi connectivity index (χ4n) is 0.519. The molecule has 116 valence electrons. The first-order valence-corrected chi connectivity index (χ1v) is 5.38. The Kier molecular flexibility index (Phi) is 9.59. The highest BCUT2D eigenvalue weighted by molar-refractivity contribution is 6.14. The molecule has 0 unspecified atom stereocenters.